The number of carbonyl (C=O) groups excluding carboxylic acids is 1. The van der Waals surface area contributed by atoms with E-state index in [9.17, 15) is 19.8 Å². The van der Waals surface area contributed by atoms with Crippen LogP contribution >= 0.6 is 0 Å². The minimum atomic E-state index is -1.51. The first-order chi connectivity index (χ1) is 11.0. The summed E-state index contributed by atoms with van der Waals surface area (Å²) in [4.78, 5) is 22.6. The monoisotopic (exact) mass is 313 g/mol. The lowest BCUT2D eigenvalue weighted by molar-refractivity contribution is -0.687. The second kappa shape index (κ2) is 4.70. The smallest absolute Gasteiger partial charge is 0.336 e. The summed E-state index contributed by atoms with van der Waals surface area (Å²) in [5.41, 5.74) is 1.83. The molecule has 7 nitrogen and oxygen atoms in total. The fourth-order valence-corrected chi connectivity index (χ4v) is 3.02. The molecule has 1 N–H and O–H groups in total. The average Bonchev–Trinajstić information content (AvgIpc) is 2.98. The molecule has 0 saturated carbocycles. The Morgan fingerprint density at radius 1 is 1.13 bits per heavy atom. The molecule has 0 radical (unpaired) electrons. The Hall–Kier alpha value is -3.09. The first-order valence-electron chi connectivity index (χ1n) is 6.99. The lowest BCUT2D eigenvalue weighted by atomic mass is 9.94. The van der Waals surface area contributed by atoms with Crippen molar-refractivity contribution in [1.82, 2.24) is 0 Å². The summed E-state index contributed by atoms with van der Waals surface area (Å²) >= 11 is 0. The number of aromatic carboxylic acids is 2. The molecule has 3 heterocycles. The zero-order valence-corrected chi connectivity index (χ0v) is 11.9. The van der Waals surface area contributed by atoms with Gasteiger partial charge in [-0.15, -0.1) is 0 Å². The number of nitrogens with zero attached hydrogens (tertiary/aromatic N) is 1. The van der Waals surface area contributed by atoms with Gasteiger partial charge in [-0.25, -0.2) is 4.79 Å². The minimum absolute atomic E-state index is 0.155. The summed E-state index contributed by atoms with van der Waals surface area (Å²) in [6, 6.07) is 5.05. The van der Waals surface area contributed by atoms with Crippen molar-refractivity contribution in [3.05, 3.63) is 41.1 Å². The normalized spacial score (nSPS) is 14.1. The van der Waals surface area contributed by atoms with E-state index < -0.39 is 11.9 Å². The van der Waals surface area contributed by atoms with Gasteiger partial charge in [0.05, 0.1) is 22.7 Å². The van der Waals surface area contributed by atoms with E-state index >= 15 is 0 Å². The second-order valence-electron chi connectivity index (χ2n) is 5.38. The predicted molar refractivity (Wildman–Crippen MR) is 73.2 cm³/mol. The van der Waals surface area contributed by atoms with Gasteiger partial charge in [0.15, 0.2) is 24.2 Å². The van der Waals surface area contributed by atoms with Crippen LogP contribution in [0, 0.1) is 0 Å². The highest BCUT2D eigenvalue weighted by Gasteiger charge is 2.30. The maximum absolute atomic E-state index is 11.4. The number of carboxylic acid groups (broad SMARTS) is 2. The number of ether oxygens (including phenoxy) is 2. The van der Waals surface area contributed by atoms with E-state index in [0.29, 0.717) is 30.2 Å². The molecule has 2 aromatic rings. The number of carboxylic acids is 2. The Morgan fingerprint density at radius 2 is 1.87 bits per heavy atom. The molecule has 0 atom stereocenters. The molecule has 116 valence electrons. The Kier molecular flexibility index (Phi) is 2.77. The first-order valence-corrected chi connectivity index (χ1v) is 6.99. The molecule has 0 fully saturated rings. The molecule has 0 saturated heterocycles. The third kappa shape index (κ3) is 2.01. The van der Waals surface area contributed by atoms with Gasteiger partial charge in [-0.05, 0) is 17.7 Å². The number of carbonyl (C=O) groups is 2. The van der Waals surface area contributed by atoms with Gasteiger partial charge in [-0.3, -0.25) is 0 Å². The fourth-order valence-electron chi connectivity index (χ4n) is 3.02. The average molecular weight is 313 g/mol. The van der Waals surface area contributed by atoms with Gasteiger partial charge in [-0.1, -0.05) is 0 Å². The third-order valence-corrected chi connectivity index (χ3v) is 4.11. The highest BCUT2D eigenvalue weighted by atomic mass is 16.7. The number of aryl methyl sites for hydroxylation is 2. The number of pyridine rings is 1. The predicted octanol–water partition coefficient (Wildman–Crippen LogP) is -0.0124. The molecule has 0 aliphatic carbocycles. The van der Waals surface area contributed by atoms with Crippen LogP contribution in [-0.2, 0) is 13.0 Å². The van der Waals surface area contributed by atoms with Gasteiger partial charge in [-0.2, -0.15) is 4.57 Å². The summed E-state index contributed by atoms with van der Waals surface area (Å²) in [7, 11) is 0. The van der Waals surface area contributed by atoms with Gasteiger partial charge in [0, 0.05) is 12.5 Å². The Morgan fingerprint density at radius 3 is 2.57 bits per heavy atom. The van der Waals surface area contributed by atoms with Gasteiger partial charge in [0.1, 0.15) is 0 Å². The number of rotatable bonds is 2. The molecule has 1 aromatic heterocycles. The maximum atomic E-state index is 11.4. The van der Waals surface area contributed by atoms with E-state index in [1.165, 1.54) is 12.3 Å². The second-order valence-corrected chi connectivity index (χ2v) is 5.38. The van der Waals surface area contributed by atoms with Gasteiger partial charge in [0.2, 0.25) is 12.5 Å². The van der Waals surface area contributed by atoms with Crippen LogP contribution < -0.4 is 19.1 Å². The van der Waals surface area contributed by atoms with Crippen LogP contribution in [0.1, 0.15) is 26.3 Å². The van der Waals surface area contributed by atoms with E-state index in [0.717, 1.165) is 11.1 Å². The number of hydrogen-bond acceptors (Lipinski definition) is 5. The van der Waals surface area contributed by atoms with Crippen LogP contribution in [0.15, 0.2) is 24.4 Å². The number of benzene rings is 1. The molecular formula is C16H11NO6. The van der Waals surface area contributed by atoms with Gasteiger partial charge < -0.3 is 24.5 Å². The van der Waals surface area contributed by atoms with E-state index in [2.05, 4.69) is 0 Å². The summed E-state index contributed by atoms with van der Waals surface area (Å²) in [5.74, 6) is -1.55. The summed E-state index contributed by atoms with van der Waals surface area (Å²) < 4.78 is 12.4. The van der Waals surface area contributed by atoms with Crippen LogP contribution in [0.4, 0.5) is 0 Å². The van der Waals surface area contributed by atoms with Crippen molar-refractivity contribution < 1.29 is 33.8 Å². The Bertz CT molecular complexity index is 873. The van der Waals surface area contributed by atoms with Crippen LogP contribution in [-0.4, -0.2) is 23.8 Å². The van der Waals surface area contributed by atoms with E-state index in [1.54, 1.807) is 10.6 Å². The molecule has 0 unspecified atom stereocenters. The van der Waals surface area contributed by atoms with E-state index in [4.69, 9.17) is 9.47 Å². The molecule has 0 bridgehead atoms. The van der Waals surface area contributed by atoms with Crippen molar-refractivity contribution in [2.45, 2.75) is 13.0 Å². The van der Waals surface area contributed by atoms with Crippen molar-refractivity contribution in [2.24, 2.45) is 0 Å². The first kappa shape index (κ1) is 13.6. The largest absolute Gasteiger partial charge is 0.545 e. The standard InChI is InChI=1S/C16H11NO6/c18-15(19)10-4-12-9-5-14-13(22-7-23-14)3-8(9)1-2-17(12)6-11(10)16(20)21/h3-6H,1-2,7H2,(H-,18,19,20,21). The van der Waals surface area contributed by atoms with Crippen LogP contribution in [0.3, 0.4) is 0 Å². The topological polar surface area (TPSA) is 99.8 Å². The summed E-state index contributed by atoms with van der Waals surface area (Å²) in [5, 5.41) is 20.5. The molecule has 1 aromatic carbocycles. The molecule has 4 rings (SSSR count). The molecule has 0 spiro atoms. The van der Waals surface area contributed by atoms with Crippen molar-refractivity contribution >= 4 is 11.9 Å². The molecule has 2 aliphatic heterocycles. The molecular weight excluding hydrogens is 302 g/mol. The zero-order valence-electron chi connectivity index (χ0n) is 11.9. The third-order valence-electron chi connectivity index (χ3n) is 4.11. The van der Waals surface area contributed by atoms with Gasteiger partial charge >= 0.3 is 5.97 Å². The van der Waals surface area contributed by atoms with Crippen molar-refractivity contribution in [3.63, 3.8) is 0 Å². The molecule has 0 amide bonds. The summed E-state index contributed by atoms with van der Waals surface area (Å²) in [6.45, 7) is 0.699. The van der Waals surface area contributed by atoms with E-state index in [-0.39, 0.29) is 17.9 Å². The quantitative estimate of drug-likeness (QED) is 0.783. The van der Waals surface area contributed by atoms with Crippen LogP contribution in [0.5, 0.6) is 11.5 Å². The SMILES string of the molecule is O=C([O-])c1c[n+]2c(cc1C(=O)O)-c1cc3c(cc1CC2)OCO3. The molecule has 7 heteroatoms. The zero-order chi connectivity index (χ0) is 16.1. The molecule has 23 heavy (non-hydrogen) atoms. The Labute approximate surface area is 130 Å². The van der Waals surface area contributed by atoms with Crippen LogP contribution in [0.2, 0.25) is 0 Å². The van der Waals surface area contributed by atoms with Crippen molar-refractivity contribution in [1.29, 1.82) is 0 Å². The highest BCUT2D eigenvalue weighted by molar-refractivity contribution is 6.01. The number of aromatic nitrogens is 1. The lowest BCUT2D eigenvalue weighted by Gasteiger charge is -2.17. The maximum Gasteiger partial charge on any atom is 0.336 e. The van der Waals surface area contributed by atoms with Crippen molar-refractivity contribution in [3.8, 4) is 22.8 Å². The number of hydrogen-bond donors (Lipinski definition) is 1. The van der Waals surface area contributed by atoms with E-state index in [1.807, 2.05) is 6.07 Å². The Balaban J connectivity index is 1.95. The fraction of sp³-hybridized carbons (Fsp3) is 0.188. The van der Waals surface area contributed by atoms with Crippen LogP contribution in [0.25, 0.3) is 11.3 Å². The molecule has 2 aliphatic rings. The minimum Gasteiger partial charge on any atom is -0.545 e. The number of fused-ring (bicyclic) bond motifs is 4. The van der Waals surface area contributed by atoms with Gasteiger partial charge in [0.25, 0.3) is 0 Å². The van der Waals surface area contributed by atoms with Crippen molar-refractivity contribution in [2.75, 3.05) is 6.79 Å². The lowest BCUT2D eigenvalue weighted by Crippen LogP contribution is -2.42. The highest BCUT2D eigenvalue weighted by Crippen LogP contribution is 2.39. The summed E-state index contributed by atoms with van der Waals surface area (Å²) in [6.07, 6.45) is 2.00.